The van der Waals surface area contributed by atoms with E-state index < -0.39 is 0 Å². The van der Waals surface area contributed by atoms with Crippen LogP contribution < -0.4 is 10.1 Å². The average Bonchev–Trinajstić information content (AvgIpc) is 2.48. The number of benzene rings is 1. The Labute approximate surface area is 119 Å². The summed E-state index contributed by atoms with van der Waals surface area (Å²) >= 11 is 1.84. The van der Waals surface area contributed by atoms with E-state index in [4.69, 9.17) is 4.74 Å². The van der Waals surface area contributed by atoms with Gasteiger partial charge in [-0.25, -0.2) is 0 Å². The number of rotatable bonds is 5. The van der Waals surface area contributed by atoms with Crippen molar-refractivity contribution in [2.45, 2.75) is 32.2 Å². The molecule has 4 heteroatoms. The van der Waals surface area contributed by atoms with Gasteiger partial charge in [0, 0.05) is 18.3 Å². The molecule has 1 N–H and O–H groups in total. The fourth-order valence-electron chi connectivity index (χ4n) is 2.10. The molecule has 0 saturated carbocycles. The lowest BCUT2D eigenvalue weighted by molar-refractivity contribution is 0.414. The van der Waals surface area contributed by atoms with Crippen LogP contribution >= 0.6 is 11.8 Å². The summed E-state index contributed by atoms with van der Waals surface area (Å²) in [5.74, 6) is 2.10. The Morgan fingerprint density at radius 1 is 1.47 bits per heavy atom. The number of hydrogen-bond donors (Lipinski definition) is 1. The molecule has 1 aliphatic rings. The molecule has 1 aromatic carbocycles. The zero-order valence-corrected chi connectivity index (χ0v) is 12.5. The molecule has 1 heterocycles. The van der Waals surface area contributed by atoms with Crippen LogP contribution in [0.4, 0.5) is 0 Å². The predicted molar refractivity (Wildman–Crippen MR) is 83.3 cm³/mol. The van der Waals surface area contributed by atoms with Crippen LogP contribution in [0.1, 0.15) is 25.3 Å². The van der Waals surface area contributed by atoms with E-state index in [2.05, 4.69) is 29.4 Å². The highest BCUT2D eigenvalue weighted by atomic mass is 32.2. The molecule has 0 radical (unpaired) electrons. The molecule has 2 rings (SSSR count). The monoisotopic (exact) mass is 278 g/mol. The van der Waals surface area contributed by atoms with Gasteiger partial charge in [-0.1, -0.05) is 30.8 Å². The van der Waals surface area contributed by atoms with Crippen molar-refractivity contribution in [2.24, 2.45) is 4.99 Å². The average molecular weight is 278 g/mol. The molecule has 1 aliphatic heterocycles. The molecule has 1 fully saturated rings. The molecule has 1 unspecified atom stereocenters. The minimum atomic E-state index is 0.608. The third kappa shape index (κ3) is 4.46. The summed E-state index contributed by atoms with van der Waals surface area (Å²) in [5.41, 5.74) is 1.27. The quantitative estimate of drug-likeness (QED) is 0.898. The number of nitrogens with one attached hydrogen (secondary N) is 1. The number of aliphatic imine (C=N–C) groups is 1. The number of nitrogens with zero attached hydrogens (tertiary/aromatic N) is 1. The van der Waals surface area contributed by atoms with Gasteiger partial charge in [0.2, 0.25) is 0 Å². The molecule has 104 valence electrons. The van der Waals surface area contributed by atoms with Gasteiger partial charge in [0.05, 0.1) is 7.11 Å². The maximum atomic E-state index is 5.23. The number of hydrogen-bond acceptors (Lipinski definition) is 3. The molecular weight excluding hydrogens is 256 g/mol. The second kappa shape index (κ2) is 7.43. The highest BCUT2D eigenvalue weighted by Crippen LogP contribution is 2.16. The van der Waals surface area contributed by atoms with E-state index in [0.717, 1.165) is 23.9 Å². The van der Waals surface area contributed by atoms with Gasteiger partial charge in [-0.05, 0) is 37.0 Å². The largest absolute Gasteiger partial charge is 0.497 e. The highest BCUT2D eigenvalue weighted by molar-refractivity contribution is 8.13. The molecule has 0 aromatic heterocycles. The van der Waals surface area contributed by atoms with E-state index in [1.807, 2.05) is 23.9 Å². The molecule has 0 amide bonds. The van der Waals surface area contributed by atoms with Crippen molar-refractivity contribution in [3.63, 3.8) is 0 Å². The summed E-state index contributed by atoms with van der Waals surface area (Å²) in [6.45, 7) is 3.06. The van der Waals surface area contributed by atoms with Crippen molar-refractivity contribution in [1.29, 1.82) is 0 Å². The lowest BCUT2D eigenvalue weighted by atomic mass is 10.1. The van der Waals surface area contributed by atoms with Gasteiger partial charge in [0.25, 0.3) is 0 Å². The van der Waals surface area contributed by atoms with Crippen LogP contribution in [0.2, 0.25) is 0 Å². The summed E-state index contributed by atoms with van der Waals surface area (Å²) in [7, 11) is 1.70. The number of thioether (sulfide) groups is 1. The third-order valence-corrected chi connectivity index (χ3v) is 4.28. The summed E-state index contributed by atoms with van der Waals surface area (Å²) in [6.07, 6.45) is 3.38. The Kier molecular flexibility index (Phi) is 5.58. The first-order valence-corrected chi connectivity index (χ1v) is 7.87. The molecule has 19 heavy (non-hydrogen) atoms. The third-order valence-electron chi connectivity index (χ3n) is 3.32. The van der Waals surface area contributed by atoms with Gasteiger partial charge < -0.3 is 10.1 Å². The van der Waals surface area contributed by atoms with E-state index in [1.54, 1.807) is 7.11 Å². The van der Waals surface area contributed by atoms with Crippen LogP contribution in [0.5, 0.6) is 5.75 Å². The molecule has 1 atom stereocenters. The number of amidine groups is 1. The Balaban J connectivity index is 1.84. The first kappa shape index (κ1) is 14.3. The van der Waals surface area contributed by atoms with Gasteiger partial charge in [-0.15, -0.1) is 0 Å². The van der Waals surface area contributed by atoms with Crippen LogP contribution in [0, 0.1) is 0 Å². The van der Waals surface area contributed by atoms with E-state index >= 15 is 0 Å². The van der Waals surface area contributed by atoms with Crippen LogP contribution in [0.15, 0.2) is 29.3 Å². The van der Waals surface area contributed by atoms with Crippen LogP contribution in [-0.4, -0.2) is 30.6 Å². The topological polar surface area (TPSA) is 33.6 Å². The molecular formula is C15H22N2OS. The second-order valence-corrected chi connectivity index (χ2v) is 5.76. The maximum Gasteiger partial charge on any atom is 0.156 e. The lowest BCUT2D eigenvalue weighted by Gasteiger charge is -2.24. The zero-order chi connectivity index (χ0) is 13.5. The van der Waals surface area contributed by atoms with Crippen molar-refractivity contribution in [2.75, 3.05) is 19.4 Å². The minimum absolute atomic E-state index is 0.608. The summed E-state index contributed by atoms with van der Waals surface area (Å²) in [5, 5.41) is 4.61. The van der Waals surface area contributed by atoms with Gasteiger partial charge >= 0.3 is 0 Å². The van der Waals surface area contributed by atoms with E-state index in [-0.39, 0.29) is 0 Å². The Hall–Kier alpha value is -1.16. The van der Waals surface area contributed by atoms with E-state index in [1.165, 1.54) is 24.2 Å². The molecule has 1 aromatic rings. The Morgan fingerprint density at radius 3 is 3.16 bits per heavy atom. The predicted octanol–water partition coefficient (Wildman–Crippen LogP) is 3.10. The van der Waals surface area contributed by atoms with Crippen molar-refractivity contribution in [3.8, 4) is 5.75 Å². The normalized spacial score (nSPS) is 21.2. The molecule has 3 nitrogen and oxygen atoms in total. The molecule has 1 saturated heterocycles. The van der Waals surface area contributed by atoms with Crippen LogP contribution in [0.3, 0.4) is 0 Å². The van der Waals surface area contributed by atoms with Gasteiger partial charge in [-0.2, -0.15) is 0 Å². The maximum absolute atomic E-state index is 5.23. The first-order valence-electron chi connectivity index (χ1n) is 6.88. The Bertz CT molecular complexity index is 434. The lowest BCUT2D eigenvalue weighted by Crippen LogP contribution is -2.37. The SMILES string of the molecule is CCC1CCSC(=NCCc2cccc(OC)c2)N1. The van der Waals surface area contributed by atoms with Crippen molar-refractivity contribution >= 4 is 16.9 Å². The molecule has 0 aliphatic carbocycles. The van der Waals surface area contributed by atoms with Gasteiger partial charge in [-0.3, -0.25) is 4.99 Å². The van der Waals surface area contributed by atoms with Crippen molar-refractivity contribution < 1.29 is 4.74 Å². The fraction of sp³-hybridized carbons (Fsp3) is 0.533. The number of methoxy groups -OCH3 is 1. The van der Waals surface area contributed by atoms with E-state index in [0.29, 0.717) is 6.04 Å². The highest BCUT2D eigenvalue weighted by Gasteiger charge is 2.14. The summed E-state index contributed by atoms with van der Waals surface area (Å²) < 4.78 is 5.23. The first-order chi connectivity index (χ1) is 9.31. The standard InChI is InChI=1S/C15H22N2OS/c1-3-13-8-10-19-15(17-13)16-9-7-12-5-4-6-14(11-12)18-2/h4-6,11,13H,3,7-10H2,1-2H3,(H,16,17). The van der Waals surface area contributed by atoms with Crippen molar-refractivity contribution in [3.05, 3.63) is 29.8 Å². The number of ether oxygens (including phenoxy) is 1. The second-order valence-electron chi connectivity index (χ2n) is 4.68. The summed E-state index contributed by atoms with van der Waals surface area (Å²) in [4.78, 5) is 4.66. The van der Waals surface area contributed by atoms with E-state index in [9.17, 15) is 0 Å². The van der Waals surface area contributed by atoms with Crippen LogP contribution in [-0.2, 0) is 6.42 Å². The zero-order valence-electron chi connectivity index (χ0n) is 11.7. The smallest absolute Gasteiger partial charge is 0.156 e. The molecule has 0 spiro atoms. The van der Waals surface area contributed by atoms with Crippen LogP contribution in [0.25, 0.3) is 0 Å². The fourth-order valence-corrected chi connectivity index (χ4v) is 3.13. The Morgan fingerprint density at radius 2 is 2.37 bits per heavy atom. The minimum Gasteiger partial charge on any atom is -0.497 e. The van der Waals surface area contributed by atoms with Gasteiger partial charge in [0.1, 0.15) is 5.75 Å². The van der Waals surface area contributed by atoms with Gasteiger partial charge in [0.15, 0.2) is 5.17 Å². The van der Waals surface area contributed by atoms with Crippen molar-refractivity contribution in [1.82, 2.24) is 5.32 Å². The molecule has 0 bridgehead atoms. The summed E-state index contributed by atoms with van der Waals surface area (Å²) in [6, 6.07) is 8.81.